The number of anilines is 1. The lowest BCUT2D eigenvalue weighted by atomic mass is 10.0. The Morgan fingerprint density at radius 1 is 1.23 bits per heavy atom. The molecule has 1 aliphatic carbocycles. The molecular weight excluding hydrogens is 400 g/mol. The summed E-state index contributed by atoms with van der Waals surface area (Å²) in [4.78, 5) is 30.5. The van der Waals surface area contributed by atoms with Crippen LogP contribution in [0, 0.1) is 5.92 Å². The molecule has 0 unspecified atom stereocenters. The summed E-state index contributed by atoms with van der Waals surface area (Å²) < 4.78 is 0. The van der Waals surface area contributed by atoms with E-state index in [9.17, 15) is 9.59 Å². The number of aryl methyl sites for hydroxylation is 1. The van der Waals surface area contributed by atoms with Crippen molar-refractivity contribution in [1.29, 1.82) is 0 Å². The number of hydrogen-bond acceptors (Lipinski definition) is 4. The van der Waals surface area contributed by atoms with Crippen LogP contribution in [0.25, 0.3) is 0 Å². The number of carbonyl (C=O) groups excluding carboxylic acids is 2. The maximum absolute atomic E-state index is 13.1. The average Bonchev–Trinajstić information content (AvgIpc) is 3.20. The molecule has 1 aromatic rings. The molecule has 2 amide bonds. The molecule has 3 N–H and O–H groups in total. The predicted molar refractivity (Wildman–Crippen MR) is 120 cm³/mol. The second-order valence-corrected chi connectivity index (χ2v) is 8.87. The third kappa shape index (κ3) is 4.69. The van der Waals surface area contributed by atoms with E-state index in [-0.39, 0.29) is 11.8 Å². The topological polar surface area (TPSA) is 82.6 Å². The van der Waals surface area contributed by atoms with Gasteiger partial charge in [0.1, 0.15) is 17.6 Å². The Labute approximate surface area is 182 Å². The molecule has 1 fully saturated rings. The van der Waals surface area contributed by atoms with Crippen molar-refractivity contribution < 1.29 is 9.59 Å². The highest BCUT2D eigenvalue weighted by molar-refractivity contribution is 6.30. The van der Waals surface area contributed by atoms with Gasteiger partial charge in [-0.3, -0.25) is 14.6 Å². The van der Waals surface area contributed by atoms with Gasteiger partial charge in [-0.05, 0) is 54.5 Å². The van der Waals surface area contributed by atoms with Gasteiger partial charge in [0, 0.05) is 17.1 Å². The first-order chi connectivity index (χ1) is 14.5. The lowest BCUT2D eigenvalue weighted by molar-refractivity contribution is -0.124. The highest BCUT2D eigenvalue weighted by Gasteiger charge is 2.29. The standard InChI is InChI=1S/C23H29ClN4O2/c1-2-15-13-25-20(11-14-5-3-4-6-14)28-21(15)23(30)27-19-9-7-16-12-17(24)8-10-18(16)26-22(19)29/h8,10,12,14,19H,2-7,9,11,13H2,1H3,(H,25,28)(H,26,29)(H,27,30)/t19-/m0/s1. The average molecular weight is 429 g/mol. The minimum absolute atomic E-state index is 0.196. The van der Waals surface area contributed by atoms with E-state index in [0.717, 1.165) is 35.5 Å². The number of carbonyl (C=O) groups is 2. The molecule has 0 spiro atoms. The van der Waals surface area contributed by atoms with Crippen LogP contribution in [0.15, 0.2) is 34.5 Å². The Morgan fingerprint density at radius 3 is 2.80 bits per heavy atom. The number of aliphatic imine (C=N–C) groups is 1. The highest BCUT2D eigenvalue weighted by atomic mass is 35.5. The number of nitrogens with zero attached hydrogens (tertiary/aromatic N) is 1. The Bertz CT molecular complexity index is 902. The predicted octanol–water partition coefficient (Wildman–Crippen LogP) is 3.96. The fourth-order valence-electron chi connectivity index (χ4n) is 4.56. The minimum Gasteiger partial charge on any atom is -0.340 e. The van der Waals surface area contributed by atoms with E-state index in [1.54, 1.807) is 6.07 Å². The van der Waals surface area contributed by atoms with E-state index in [0.29, 0.717) is 36.0 Å². The van der Waals surface area contributed by atoms with E-state index in [4.69, 9.17) is 11.6 Å². The summed E-state index contributed by atoms with van der Waals surface area (Å²) in [7, 11) is 0. The van der Waals surface area contributed by atoms with E-state index >= 15 is 0 Å². The molecule has 0 radical (unpaired) electrons. The summed E-state index contributed by atoms with van der Waals surface area (Å²) in [6.07, 6.45) is 7.88. The van der Waals surface area contributed by atoms with Crippen LogP contribution in [-0.2, 0) is 16.0 Å². The number of amides is 2. The van der Waals surface area contributed by atoms with Crippen LogP contribution in [0.2, 0.25) is 5.02 Å². The molecule has 1 aromatic carbocycles. The zero-order valence-electron chi connectivity index (χ0n) is 17.4. The van der Waals surface area contributed by atoms with Gasteiger partial charge >= 0.3 is 0 Å². The molecule has 6 nitrogen and oxygen atoms in total. The van der Waals surface area contributed by atoms with Crippen LogP contribution in [0.4, 0.5) is 5.69 Å². The fraction of sp³-hybridized carbons (Fsp3) is 0.522. The van der Waals surface area contributed by atoms with Crippen molar-refractivity contribution in [3.63, 3.8) is 0 Å². The lowest BCUT2D eigenvalue weighted by Crippen LogP contribution is -2.47. The van der Waals surface area contributed by atoms with E-state index in [1.807, 2.05) is 19.1 Å². The minimum atomic E-state index is -0.590. The molecule has 1 atom stereocenters. The van der Waals surface area contributed by atoms with Gasteiger partial charge in [0.2, 0.25) is 5.91 Å². The summed E-state index contributed by atoms with van der Waals surface area (Å²) in [6.45, 7) is 2.58. The Kier molecular flexibility index (Phi) is 6.42. The van der Waals surface area contributed by atoms with Gasteiger partial charge in [-0.2, -0.15) is 0 Å². The van der Waals surface area contributed by atoms with Crippen molar-refractivity contribution in [1.82, 2.24) is 10.6 Å². The molecule has 0 saturated heterocycles. The number of amidine groups is 1. The number of hydrogen-bond donors (Lipinski definition) is 3. The lowest BCUT2D eigenvalue weighted by Gasteiger charge is -2.24. The van der Waals surface area contributed by atoms with Crippen molar-refractivity contribution >= 4 is 34.9 Å². The number of rotatable bonds is 5. The number of fused-ring (bicyclic) bond motifs is 1. The van der Waals surface area contributed by atoms with Gasteiger partial charge in [0.05, 0.1) is 6.54 Å². The fourth-order valence-corrected chi connectivity index (χ4v) is 4.76. The monoisotopic (exact) mass is 428 g/mol. The number of nitrogens with one attached hydrogen (secondary N) is 3. The first kappa shape index (κ1) is 20.9. The quantitative estimate of drug-likeness (QED) is 0.663. The molecule has 0 aromatic heterocycles. The first-order valence-electron chi connectivity index (χ1n) is 11.0. The van der Waals surface area contributed by atoms with Crippen molar-refractivity contribution in [3.05, 3.63) is 40.1 Å². The Balaban J connectivity index is 1.42. The second kappa shape index (κ2) is 9.21. The number of benzene rings is 1. The summed E-state index contributed by atoms with van der Waals surface area (Å²) in [6, 6.07) is 4.85. The zero-order chi connectivity index (χ0) is 21.1. The van der Waals surface area contributed by atoms with Gasteiger partial charge in [0.25, 0.3) is 5.91 Å². The zero-order valence-corrected chi connectivity index (χ0v) is 18.1. The summed E-state index contributed by atoms with van der Waals surface area (Å²) in [5, 5.41) is 9.80. The van der Waals surface area contributed by atoms with Gasteiger partial charge in [-0.25, -0.2) is 0 Å². The van der Waals surface area contributed by atoms with Gasteiger partial charge in [0.15, 0.2) is 0 Å². The van der Waals surface area contributed by atoms with Crippen molar-refractivity contribution in [2.45, 2.75) is 64.3 Å². The summed E-state index contributed by atoms with van der Waals surface area (Å²) >= 11 is 6.09. The summed E-state index contributed by atoms with van der Waals surface area (Å²) in [5.74, 6) is 1.13. The maximum atomic E-state index is 13.1. The van der Waals surface area contributed by atoms with Crippen LogP contribution in [0.3, 0.4) is 0 Å². The molecule has 0 bridgehead atoms. The smallest absolute Gasteiger partial charge is 0.268 e. The molecular formula is C23H29ClN4O2. The van der Waals surface area contributed by atoms with Crippen LogP contribution in [-0.4, -0.2) is 30.2 Å². The van der Waals surface area contributed by atoms with Crippen LogP contribution in [0.5, 0.6) is 0 Å². The Morgan fingerprint density at radius 2 is 2.03 bits per heavy atom. The van der Waals surface area contributed by atoms with Gasteiger partial charge in [-0.1, -0.05) is 44.2 Å². The van der Waals surface area contributed by atoms with Crippen molar-refractivity contribution in [2.75, 3.05) is 11.9 Å². The molecule has 2 aliphatic heterocycles. The summed E-state index contributed by atoms with van der Waals surface area (Å²) in [5.41, 5.74) is 3.30. The third-order valence-corrected chi connectivity index (χ3v) is 6.58. The van der Waals surface area contributed by atoms with E-state index < -0.39 is 6.04 Å². The maximum Gasteiger partial charge on any atom is 0.268 e. The third-order valence-electron chi connectivity index (χ3n) is 6.34. The Hall–Kier alpha value is -2.34. The molecule has 160 valence electrons. The number of halogens is 1. The van der Waals surface area contributed by atoms with Crippen LogP contribution in [0.1, 0.15) is 57.4 Å². The van der Waals surface area contributed by atoms with Crippen molar-refractivity contribution in [2.24, 2.45) is 10.9 Å². The van der Waals surface area contributed by atoms with Crippen LogP contribution >= 0.6 is 11.6 Å². The van der Waals surface area contributed by atoms with Gasteiger partial charge in [-0.15, -0.1) is 0 Å². The largest absolute Gasteiger partial charge is 0.340 e. The molecule has 3 aliphatic rings. The molecule has 2 heterocycles. The van der Waals surface area contributed by atoms with Crippen molar-refractivity contribution in [3.8, 4) is 0 Å². The second-order valence-electron chi connectivity index (χ2n) is 8.43. The SMILES string of the molecule is CCC1=C(C(=O)N[C@H]2CCc3cc(Cl)ccc3NC2=O)NC(CC2CCCC2)=NC1. The normalized spacial score (nSPS) is 22.0. The van der Waals surface area contributed by atoms with Crippen LogP contribution < -0.4 is 16.0 Å². The van der Waals surface area contributed by atoms with E-state index in [1.165, 1.54) is 25.7 Å². The molecule has 4 rings (SSSR count). The highest BCUT2D eigenvalue weighted by Crippen LogP contribution is 2.29. The molecule has 30 heavy (non-hydrogen) atoms. The van der Waals surface area contributed by atoms with Gasteiger partial charge < -0.3 is 16.0 Å². The van der Waals surface area contributed by atoms with E-state index in [2.05, 4.69) is 20.9 Å². The molecule has 7 heteroatoms. The molecule has 1 saturated carbocycles. The first-order valence-corrected chi connectivity index (χ1v) is 11.3.